The van der Waals surface area contributed by atoms with Crippen molar-refractivity contribution in [3.05, 3.63) is 0 Å². The molecule has 1 heterocycles. The number of hydrazone groups is 1. The van der Waals surface area contributed by atoms with Crippen LogP contribution >= 0.6 is 15.9 Å². The normalized spacial score (nSPS) is 29.4. The van der Waals surface area contributed by atoms with Crippen molar-refractivity contribution in [1.82, 2.24) is 5.01 Å². The Kier molecular flexibility index (Phi) is 1.32. The quantitative estimate of drug-likeness (QED) is 0.479. The molecular weight excluding hydrogens is 156 g/mol. The summed E-state index contributed by atoms with van der Waals surface area (Å²) in [5.74, 6) is 0. The van der Waals surface area contributed by atoms with Gasteiger partial charge in [-0.2, -0.15) is 5.10 Å². The lowest BCUT2D eigenvalue weighted by molar-refractivity contribution is 0.396. The third-order valence-corrected chi connectivity index (χ3v) is 1.39. The van der Waals surface area contributed by atoms with Gasteiger partial charge >= 0.3 is 0 Å². The first-order chi connectivity index (χ1) is 3.29. The molecule has 0 amide bonds. The van der Waals surface area contributed by atoms with E-state index in [0.717, 1.165) is 6.54 Å². The van der Waals surface area contributed by atoms with E-state index in [9.17, 15) is 0 Å². The summed E-state index contributed by atoms with van der Waals surface area (Å²) >= 11 is 3.39. The van der Waals surface area contributed by atoms with Crippen molar-refractivity contribution in [2.75, 3.05) is 13.6 Å². The zero-order chi connectivity index (χ0) is 5.28. The van der Waals surface area contributed by atoms with Crippen LogP contribution in [0.1, 0.15) is 0 Å². The second kappa shape index (κ2) is 1.82. The van der Waals surface area contributed by atoms with Crippen LogP contribution in [0, 0.1) is 0 Å². The fraction of sp³-hybridized carbons (Fsp3) is 0.750. The van der Waals surface area contributed by atoms with Gasteiger partial charge in [0.1, 0.15) is 0 Å². The van der Waals surface area contributed by atoms with E-state index in [1.54, 1.807) is 0 Å². The van der Waals surface area contributed by atoms with E-state index in [1.807, 2.05) is 18.3 Å². The molecule has 0 aromatic rings. The van der Waals surface area contributed by atoms with Crippen LogP contribution in [0.2, 0.25) is 0 Å². The van der Waals surface area contributed by atoms with Crippen molar-refractivity contribution in [3.63, 3.8) is 0 Å². The van der Waals surface area contributed by atoms with E-state index in [0.29, 0.717) is 4.83 Å². The molecule has 1 unspecified atom stereocenters. The molecule has 2 nitrogen and oxygen atoms in total. The SMILES string of the molecule is CN1CC(Br)C=N1. The molecule has 1 rings (SSSR count). The van der Waals surface area contributed by atoms with E-state index >= 15 is 0 Å². The molecule has 0 aliphatic carbocycles. The minimum absolute atomic E-state index is 0.470. The van der Waals surface area contributed by atoms with Gasteiger partial charge in [0.25, 0.3) is 0 Å². The molecule has 0 spiro atoms. The average molecular weight is 163 g/mol. The highest BCUT2D eigenvalue weighted by Crippen LogP contribution is 2.04. The van der Waals surface area contributed by atoms with E-state index in [4.69, 9.17) is 0 Å². The summed E-state index contributed by atoms with van der Waals surface area (Å²) in [6.07, 6.45) is 1.89. The van der Waals surface area contributed by atoms with Gasteiger partial charge in [-0.05, 0) is 0 Å². The molecule has 3 heteroatoms. The fourth-order valence-electron chi connectivity index (χ4n) is 0.533. The van der Waals surface area contributed by atoms with E-state index in [-0.39, 0.29) is 0 Å². The molecule has 0 aromatic heterocycles. The summed E-state index contributed by atoms with van der Waals surface area (Å²) in [7, 11) is 1.96. The van der Waals surface area contributed by atoms with Gasteiger partial charge in [0.15, 0.2) is 0 Å². The number of alkyl halides is 1. The Morgan fingerprint density at radius 2 is 2.71 bits per heavy atom. The van der Waals surface area contributed by atoms with Gasteiger partial charge in [-0.1, -0.05) is 15.9 Å². The smallest absolute Gasteiger partial charge is 0.0707 e. The number of hydrogen-bond acceptors (Lipinski definition) is 2. The van der Waals surface area contributed by atoms with Crippen LogP contribution in [-0.2, 0) is 0 Å². The van der Waals surface area contributed by atoms with Crippen molar-refractivity contribution in [2.45, 2.75) is 4.83 Å². The minimum atomic E-state index is 0.470. The first kappa shape index (κ1) is 5.09. The number of halogens is 1. The van der Waals surface area contributed by atoms with Crippen LogP contribution in [0.25, 0.3) is 0 Å². The third-order valence-electron chi connectivity index (χ3n) is 0.864. The standard InChI is InChI=1S/C4H7BrN2/c1-7-3-4(5)2-6-7/h2,4H,3H2,1H3. The topological polar surface area (TPSA) is 15.6 Å². The lowest BCUT2D eigenvalue weighted by atomic mass is 10.5. The number of rotatable bonds is 0. The lowest BCUT2D eigenvalue weighted by Gasteiger charge is -2.02. The summed E-state index contributed by atoms with van der Waals surface area (Å²) < 4.78 is 0. The predicted octanol–water partition coefficient (Wildman–Crippen LogP) is 0.681. The Balaban J connectivity index is 2.42. The van der Waals surface area contributed by atoms with Crippen molar-refractivity contribution in [1.29, 1.82) is 0 Å². The Labute approximate surface area is 51.3 Å². The predicted molar refractivity (Wildman–Crippen MR) is 33.8 cm³/mol. The molecule has 7 heavy (non-hydrogen) atoms. The Morgan fingerprint density at radius 3 is 2.86 bits per heavy atom. The molecular formula is C4H7BrN2. The maximum atomic E-state index is 3.98. The summed E-state index contributed by atoms with van der Waals surface area (Å²) in [6, 6.07) is 0. The highest BCUT2D eigenvalue weighted by molar-refractivity contribution is 9.10. The molecule has 40 valence electrons. The van der Waals surface area contributed by atoms with Crippen molar-refractivity contribution < 1.29 is 0 Å². The van der Waals surface area contributed by atoms with Gasteiger partial charge in [0.05, 0.1) is 11.4 Å². The molecule has 0 fully saturated rings. The van der Waals surface area contributed by atoms with Gasteiger partial charge in [0, 0.05) is 13.3 Å². The summed E-state index contributed by atoms with van der Waals surface area (Å²) in [4.78, 5) is 0.470. The lowest BCUT2D eigenvalue weighted by Crippen LogP contribution is -2.11. The van der Waals surface area contributed by atoms with Crippen molar-refractivity contribution in [2.24, 2.45) is 5.10 Å². The van der Waals surface area contributed by atoms with Crippen LogP contribution in [0.3, 0.4) is 0 Å². The summed E-state index contributed by atoms with van der Waals surface area (Å²) in [6.45, 7) is 1.00. The van der Waals surface area contributed by atoms with Gasteiger partial charge < -0.3 is 0 Å². The van der Waals surface area contributed by atoms with Crippen LogP contribution in [0.4, 0.5) is 0 Å². The Morgan fingerprint density at radius 1 is 2.00 bits per heavy atom. The molecule has 1 atom stereocenters. The number of nitrogens with zero attached hydrogens (tertiary/aromatic N) is 2. The highest BCUT2D eigenvalue weighted by atomic mass is 79.9. The van der Waals surface area contributed by atoms with E-state index < -0.39 is 0 Å². The molecule has 0 saturated carbocycles. The molecule has 0 radical (unpaired) electrons. The second-order valence-electron chi connectivity index (χ2n) is 1.62. The zero-order valence-electron chi connectivity index (χ0n) is 4.13. The van der Waals surface area contributed by atoms with Gasteiger partial charge in [0.2, 0.25) is 0 Å². The first-order valence-corrected chi connectivity index (χ1v) is 3.10. The maximum Gasteiger partial charge on any atom is 0.0707 e. The van der Waals surface area contributed by atoms with E-state index in [2.05, 4.69) is 21.0 Å². The van der Waals surface area contributed by atoms with Crippen molar-refractivity contribution in [3.8, 4) is 0 Å². The Hall–Kier alpha value is -0.0500. The monoisotopic (exact) mass is 162 g/mol. The van der Waals surface area contributed by atoms with Gasteiger partial charge in [-0.3, -0.25) is 5.01 Å². The first-order valence-electron chi connectivity index (χ1n) is 2.18. The molecule has 1 aliphatic rings. The van der Waals surface area contributed by atoms with Crippen LogP contribution in [-0.4, -0.2) is 29.6 Å². The minimum Gasteiger partial charge on any atom is -0.299 e. The maximum absolute atomic E-state index is 3.98. The highest BCUT2D eigenvalue weighted by Gasteiger charge is 2.08. The van der Waals surface area contributed by atoms with Crippen molar-refractivity contribution >= 4 is 22.1 Å². The van der Waals surface area contributed by atoms with Crippen LogP contribution in [0.15, 0.2) is 5.10 Å². The van der Waals surface area contributed by atoms with Crippen LogP contribution < -0.4 is 0 Å². The van der Waals surface area contributed by atoms with Gasteiger partial charge in [-0.15, -0.1) is 0 Å². The Bertz CT molecular complexity index is 81.7. The zero-order valence-corrected chi connectivity index (χ0v) is 5.72. The van der Waals surface area contributed by atoms with Crippen LogP contribution in [0.5, 0.6) is 0 Å². The second-order valence-corrected chi connectivity index (χ2v) is 2.80. The molecule has 0 saturated heterocycles. The summed E-state index contributed by atoms with van der Waals surface area (Å²) in [5.41, 5.74) is 0. The van der Waals surface area contributed by atoms with E-state index in [1.165, 1.54) is 0 Å². The molecule has 0 aromatic carbocycles. The number of hydrogen-bond donors (Lipinski definition) is 0. The fourth-order valence-corrected chi connectivity index (χ4v) is 1.06. The molecule has 0 bridgehead atoms. The van der Waals surface area contributed by atoms with Gasteiger partial charge in [-0.25, -0.2) is 0 Å². The molecule has 0 N–H and O–H groups in total. The summed E-state index contributed by atoms with van der Waals surface area (Å²) in [5, 5.41) is 5.88. The molecule has 1 aliphatic heterocycles. The largest absolute Gasteiger partial charge is 0.299 e. The third kappa shape index (κ3) is 1.16. The average Bonchev–Trinajstić information content (AvgIpc) is 1.87.